The zero-order valence-corrected chi connectivity index (χ0v) is 26.2. The topological polar surface area (TPSA) is 180 Å². The summed E-state index contributed by atoms with van der Waals surface area (Å²) in [6.07, 6.45) is -3.46. The Morgan fingerprint density at radius 3 is 1.02 bits per heavy atom. The van der Waals surface area contributed by atoms with Crippen molar-refractivity contribution in [2.75, 3.05) is 32.8 Å². The Labute approximate surface area is 281 Å². The fourth-order valence-corrected chi connectivity index (χ4v) is 4.08. The Morgan fingerprint density at radius 2 is 0.714 bits per heavy atom. The summed E-state index contributed by atoms with van der Waals surface area (Å²) in [7, 11) is 0. The summed E-state index contributed by atoms with van der Waals surface area (Å²) in [5.41, 5.74) is -1.40. The van der Waals surface area contributed by atoms with Crippen molar-refractivity contribution in [2.45, 2.75) is 0 Å². The van der Waals surface area contributed by atoms with Crippen LogP contribution >= 0.6 is 0 Å². The number of carbonyl (C=O) groups is 5. The molecule has 0 spiro atoms. The van der Waals surface area contributed by atoms with Crippen molar-refractivity contribution in [3.63, 3.8) is 0 Å². The second-order valence-electron chi connectivity index (χ2n) is 10.4. The van der Waals surface area contributed by atoms with Crippen LogP contribution in [-0.4, -0.2) is 63.1 Å². The lowest BCUT2D eigenvalue weighted by atomic mass is 9.88. The third kappa shape index (κ3) is 13.0. The highest BCUT2D eigenvalue weighted by atomic mass is 16.6. The van der Waals surface area contributed by atoms with E-state index in [4.69, 9.17) is 23.7 Å². The van der Waals surface area contributed by atoms with Crippen molar-refractivity contribution in [2.24, 2.45) is 5.41 Å². The van der Waals surface area contributed by atoms with Gasteiger partial charge in [0.25, 0.3) is 0 Å². The quantitative estimate of drug-likeness (QED) is 0.138. The van der Waals surface area contributed by atoms with Crippen LogP contribution in [0, 0.1) is 5.41 Å². The second kappa shape index (κ2) is 18.5. The maximum atomic E-state index is 12.8. The van der Waals surface area contributed by atoms with E-state index in [9.17, 15) is 24.0 Å². The van der Waals surface area contributed by atoms with Gasteiger partial charge in [-0.2, -0.15) is 0 Å². The third-order valence-electron chi connectivity index (χ3n) is 6.55. The van der Waals surface area contributed by atoms with E-state index in [1.165, 1.54) is 0 Å². The molecule has 0 aliphatic rings. The molecule has 0 radical (unpaired) electrons. The van der Waals surface area contributed by atoms with Gasteiger partial charge in [0.05, 0.1) is 5.41 Å². The van der Waals surface area contributed by atoms with Crippen LogP contribution in [0.15, 0.2) is 121 Å². The number of amides is 4. The van der Waals surface area contributed by atoms with Gasteiger partial charge < -0.3 is 45.0 Å². The van der Waals surface area contributed by atoms with E-state index in [0.717, 1.165) is 0 Å². The monoisotopic (exact) mass is 670 g/mol. The number of ether oxygens (including phenoxy) is 5. The van der Waals surface area contributed by atoms with Crippen LogP contribution in [0.5, 0.6) is 23.0 Å². The Hall–Kier alpha value is -6.57. The van der Waals surface area contributed by atoms with Gasteiger partial charge >= 0.3 is 30.3 Å². The van der Waals surface area contributed by atoms with E-state index in [1.54, 1.807) is 121 Å². The average molecular weight is 671 g/mol. The summed E-state index contributed by atoms with van der Waals surface area (Å²) < 4.78 is 26.5. The molecule has 0 heterocycles. The summed E-state index contributed by atoms with van der Waals surface area (Å²) in [6.45, 7) is -1.89. The molecular formula is C35H34N4O10. The normalized spacial score (nSPS) is 10.4. The van der Waals surface area contributed by atoms with E-state index in [1.807, 2.05) is 0 Å². The molecule has 4 aromatic carbocycles. The summed E-state index contributed by atoms with van der Waals surface area (Å²) >= 11 is 0. The standard InChI is InChI=1S/C35H34N4O10/c40-30(21-36-31(41)46-26-13-5-1-6-14-26)45-25-35(22-37-32(42)47-27-15-7-2-8-16-27,23-38-33(43)48-28-17-9-3-10-18-28)24-39-34(44)49-29-19-11-4-12-20-29/h1-20H,21-25H2,(H,36,41)(H,37,42)(H,38,43)(H,39,44). The van der Waals surface area contributed by atoms with Crippen LogP contribution in [0.3, 0.4) is 0 Å². The van der Waals surface area contributed by atoms with E-state index >= 15 is 0 Å². The van der Waals surface area contributed by atoms with Gasteiger partial charge in [0, 0.05) is 19.6 Å². The van der Waals surface area contributed by atoms with Crippen molar-refractivity contribution in [3.05, 3.63) is 121 Å². The van der Waals surface area contributed by atoms with Crippen molar-refractivity contribution in [1.82, 2.24) is 21.3 Å². The first-order chi connectivity index (χ1) is 23.8. The number of carbonyl (C=O) groups excluding carboxylic acids is 5. The molecule has 0 aromatic heterocycles. The molecule has 4 rings (SSSR count). The molecular weight excluding hydrogens is 636 g/mol. The van der Waals surface area contributed by atoms with Gasteiger partial charge in [-0.05, 0) is 48.5 Å². The van der Waals surface area contributed by atoms with Crippen molar-refractivity contribution in [1.29, 1.82) is 0 Å². The SMILES string of the molecule is O=C(CNC(=O)Oc1ccccc1)OCC(CNC(=O)Oc1ccccc1)(CNC(=O)Oc1ccccc1)CNC(=O)Oc1ccccc1. The summed E-state index contributed by atoms with van der Waals surface area (Å²) in [5.74, 6) is 0.182. The van der Waals surface area contributed by atoms with Crippen LogP contribution in [0.25, 0.3) is 0 Å². The minimum absolute atomic E-state index is 0.264. The molecule has 4 amide bonds. The van der Waals surface area contributed by atoms with Crippen LogP contribution in [0.2, 0.25) is 0 Å². The van der Waals surface area contributed by atoms with Gasteiger partial charge in [0.1, 0.15) is 36.1 Å². The fourth-order valence-electron chi connectivity index (χ4n) is 4.08. The van der Waals surface area contributed by atoms with Crippen molar-refractivity contribution < 1.29 is 47.7 Å². The molecule has 0 aliphatic heterocycles. The first-order valence-corrected chi connectivity index (χ1v) is 15.0. The molecule has 0 saturated heterocycles. The Morgan fingerprint density at radius 1 is 0.429 bits per heavy atom. The lowest BCUT2D eigenvalue weighted by molar-refractivity contribution is -0.145. The first-order valence-electron chi connectivity index (χ1n) is 15.0. The number of hydrogen-bond donors (Lipinski definition) is 4. The number of nitrogens with one attached hydrogen (secondary N) is 4. The lowest BCUT2D eigenvalue weighted by Crippen LogP contribution is -2.55. The number of rotatable bonds is 14. The van der Waals surface area contributed by atoms with Gasteiger partial charge in [-0.15, -0.1) is 0 Å². The molecule has 14 heteroatoms. The first kappa shape index (κ1) is 35.3. The summed E-state index contributed by atoms with van der Waals surface area (Å²) in [5, 5.41) is 10.1. The van der Waals surface area contributed by atoms with Gasteiger partial charge in [0.2, 0.25) is 0 Å². The molecule has 0 saturated carbocycles. The number of hydrogen-bond acceptors (Lipinski definition) is 10. The van der Waals surface area contributed by atoms with E-state index in [2.05, 4.69) is 21.3 Å². The highest BCUT2D eigenvalue weighted by Gasteiger charge is 2.35. The van der Waals surface area contributed by atoms with Crippen LogP contribution in [0.1, 0.15) is 0 Å². The van der Waals surface area contributed by atoms with Crippen LogP contribution in [0.4, 0.5) is 19.2 Å². The fraction of sp³-hybridized carbons (Fsp3) is 0.171. The maximum absolute atomic E-state index is 12.8. The van der Waals surface area contributed by atoms with Crippen LogP contribution in [-0.2, 0) is 9.53 Å². The predicted molar refractivity (Wildman–Crippen MR) is 175 cm³/mol. The number of para-hydroxylation sites is 4. The second-order valence-corrected chi connectivity index (χ2v) is 10.4. The molecule has 0 atom stereocenters. The molecule has 0 fully saturated rings. The van der Waals surface area contributed by atoms with E-state index in [-0.39, 0.29) is 42.6 Å². The highest BCUT2D eigenvalue weighted by molar-refractivity contribution is 5.79. The predicted octanol–water partition coefficient (Wildman–Crippen LogP) is 4.67. The van der Waals surface area contributed by atoms with E-state index in [0.29, 0.717) is 0 Å². The third-order valence-corrected chi connectivity index (χ3v) is 6.55. The Bertz CT molecular complexity index is 1520. The van der Waals surface area contributed by atoms with Crippen LogP contribution < -0.4 is 40.2 Å². The summed E-state index contributed by atoms with van der Waals surface area (Å²) in [4.78, 5) is 63.2. The van der Waals surface area contributed by atoms with Crippen molar-refractivity contribution >= 4 is 30.3 Å². The van der Waals surface area contributed by atoms with Gasteiger partial charge in [-0.25, -0.2) is 19.2 Å². The van der Waals surface area contributed by atoms with Crippen molar-refractivity contribution in [3.8, 4) is 23.0 Å². The van der Waals surface area contributed by atoms with E-state index < -0.39 is 48.9 Å². The molecule has 0 aliphatic carbocycles. The smallest absolute Gasteiger partial charge is 0.413 e. The zero-order chi connectivity index (χ0) is 34.7. The zero-order valence-electron chi connectivity index (χ0n) is 26.2. The minimum atomic E-state index is -1.40. The maximum Gasteiger partial charge on any atom is 0.413 e. The number of esters is 1. The largest absolute Gasteiger partial charge is 0.464 e. The Kier molecular flexibility index (Phi) is 13.4. The molecule has 4 aromatic rings. The van der Waals surface area contributed by atoms with Gasteiger partial charge in [-0.3, -0.25) is 4.79 Å². The van der Waals surface area contributed by atoms with Gasteiger partial charge in [0.15, 0.2) is 0 Å². The Balaban J connectivity index is 1.46. The number of benzene rings is 4. The van der Waals surface area contributed by atoms with Gasteiger partial charge in [-0.1, -0.05) is 72.8 Å². The minimum Gasteiger partial charge on any atom is -0.464 e. The molecule has 0 bridgehead atoms. The molecule has 14 nitrogen and oxygen atoms in total. The summed E-state index contributed by atoms with van der Waals surface area (Å²) in [6, 6.07) is 33.0. The molecule has 4 N–H and O–H groups in total. The lowest BCUT2D eigenvalue weighted by Gasteiger charge is -2.33. The average Bonchev–Trinajstić information content (AvgIpc) is 3.12. The molecule has 254 valence electrons. The molecule has 49 heavy (non-hydrogen) atoms. The molecule has 0 unspecified atom stereocenters. The highest BCUT2D eigenvalue weighted by Crippen LogP contribution is 2.18.